The number of aryl methyl sites for hydroxylation is 1. The number of anilines is 2. The van der Waals surface area contributed by atoms with Gasteiger partial charge in [-0.25, -0.2) is 9.78 Å². The first kappa shape index (κ1) is 10.2. The molecule has 7 heteroatoms. The van der Waals surface area contributed by atoms with E-state index in [1.54, 1.807) is 24.0 Å². The minimum atomic E-state index is -0.572. The molecule has 0 aliphatic carbocycles. The number of nitrogen functional groups attached to an aromatic ring is 1. The predicted octanol–water partition coefficient (Wildman–Crippen LogP) is 0.729. The fourth-order valence-corrected chi connectivity index (χ4v) is 1.41. The Bertz CT molecular complexity index is 548. The average Bonchev–Trinajstić information content (AvgIpc) is 2.55. The van der Waals surface area contributed by atoms with Crippen LogP contribution in [0.1, 0.15) is 0 Å². The van der Waals surface area contributed by atoms with Gasteiger partial charge in [-0.1, -0.05) is 0 Å². The number of nitrogens with zero attached hydrogens (tertiary/aromatic N) is 3. The Balaban J connectivity index is 2.51. The number of ether oxygens (including phenoxy) is 1. The molecule has 16 heavy (non-hydrogen) atoms. The molecule has 0 aliphatic rings. The third kappa shape index (κ3) is 1.62. The van der Waals surface area contributed by atoms with Gasteiger partial charge in [0.25, 0.3) is 0 Å². The maximum Gasteiger partial charge on any atom is 0.412 e. The van der Waals surface area contributed by atoms with Gasteiger partial charge >= 0.3 is 6.09 Å². The lowest BCUT2D eigenvalue weighted by Crippen LogP contribution is -2.11. The number of hydrogen-bond donors (Lipinski definition) is 2. The Morgan fingerprint density at radius 3 is 3.06 bits per heavy atom. The number of methoxy groups -OCH3 is 1. The van der Waals surface area contributed by atoms with Crippen molar-refractivity contribution in [3.8, 4) is 0 Å². The third-order valence-electron chi connectivity index (χ3n) is 2.16. The largest absolute Gasteiger partial charge is 0.453 e. The van der Waals surface area contributed by atoms with E-state index in [2.05, 4.69) is 20.1 Å². The number of aromatic nitrogens is 3. The van der Waals surface area contributed by atoms with Crippen LogP contribution in [0.4, 0.5) is 16.4 Å². The Hall–Kier alpha value is -2.31. The van der Waals surface area contributed by atoms with Crippen LogP contribution in [0.3, 0.4) is 0 Å². The summed E-state index contributed by atoms with van der Waals surface area (Å²) in [5.41, 5.74) is 6.36. The maximum atomic E-state index is 11.1. The lowest BCUT2D eigenvalue weighted by Gasteiger charge is -1.99. The SMILES string of the molecule is COC(=O)Nc1nn(C)c2cc(N)ncc12. The topological polar surface area (TPSA) is 95.1 Å². The monoisotopic (exact) mass is 221 g/mol. The molecule has 2 aromatic heterocycles. The van der Waals surface area contributed by atoms with Crippen molar-refractivity contribution < 1.29 is 9.53 Å². The van der Waals surface area contributed by atoms with Gasteiger partial charge in [0.1, 0.15) is 5.82 Å². The Morgan fingerprint density at radius 2 is 2.38 bits per heavy atom. The summed E-state index contributed by atoms with van der Waals surface area (Å²) < 4.78 is 6.10. The molecule has 2 aromatic rings. The first-order valence-electron chi connectivity index (χ1n) is 4.55. The number of carbonyl (C=O) groups is 1. The Kier molecular flexibility index (Phi) is 2.35. The van der Waals surface area contributed by atoms with Gasteiger partial charge in [-0.15, -0.1) is 0 Å². The van der Waals surface area contributed by atoms with Crippen molar-refractivity contribution in [1.29, 1.82) is 0 Å². The van der Waals surface area contributed by atoms with E-state index in [1.165, 1.54) is 7.11 Å². The molecule has 0 bridgehead atoms. The number of hydrogen-bond acceptors (Lipinski definition) is 5. The molecule has 3 N–H and O–H groups in total. The smallest absolute Gasteiger partial charge is 0.412 e. The van der Waals surface area contributed by atoms with Gasteiger partial charge in [0.05, 0.1) is 18.0 Å². The predicted molar refractivity (Wildman–Crippen MR) is 58.9 cm³/mol. The van der Waals surface area contributed by atoms with Crippen molar-refractivity contribution in [2.45, 2.75) is 0 Å². The molecule has 84 valence electrons. The number of nitrogens with one attached hydrogen (secondary N) is 1. The molecule has 0 aliphatic heterocycles. The van der Waals surface area contributed by atoms with E-state index < -0.39 is 6.09 Å². The van der Waals surface area contributed by atoms with Crippen molar-refractivity contribution in [3.05, 3.63) is 12.3 Å². The second-order valence-corrected chi connectivity index (χ2v) is 3.22. The van der Waals surface area contributed by atoms with Crippen LogP contribution in [-0.4, -0.2) is 28.0 Å². The molecule has 0 atom stereocenters. The third-order valence-corrected chi connectivity index (χ3v) is 2.16. The molecule has 0 radical (unpaired) electrons. The van der Waals surface area contributed by atoms with Crippen LogP contribution < -0.4 is 11.1 Å². The van der Waals surface area contributed by atoms with E-state index in [1.807, 2.05) is 0 Å². The van der Waals surface area contributed by atoms with E-state index in [0.29, 0.717) is 17.0 Å². The van der Waals surface area contributed by atoms with Gasteiger partial charge in [-0.2, -0.15) is 5.10 Å². The van der Waals surface area contributed by atoms with Crippen molar-refractivity contribution >= 4 is 28.6 Å². The molecule has 1 amide bonds. The van der Waals surface area contributed by atoms with Crippen LogP contribution in [0.5, 0.6) is 0 Å². The number of pyridine rings is 1. The highest BCUT2D eigenvalue weighted by Crippen LogP contribution is 2.22. The number of amides is 1. The summed E-state index contributed by atoms with van der Waals surface area (Å²) in [4.78, 5) is 15.0. The first-order valence-corrected chi connectivity index (χ1v) is 4.55. The Labute approximate surface area is 91.2 Å². The van der Waals surface area contributed by atoms with Gasteiger partial charge in [0, 0.05) is 19.3 Å². The van der Waals surface area contributed by atoms with E-state index >= 15 is 0 Å². The van der Waals surface area contributed by atoms with Crippen molar-refractivity contribution in [3.63, 3.8) is 0 Å². The molecule has 7 nitrogen and oxygen atoms in total. The summed E-state index contributed by atoms with van der Waals surface area (Å²) in [7, 11) is 3.04. The van der Waals surface area contributed by atoms with E-state index in [-0.39, 0.29) is 0 Å². The molecular weight excluding hydrogens is 210 g/mol. The molecule has 0 saturated carbocycles. The van der Waals surface area contributed by atoms with E-state index in [4.69, 9.17) is 5.73 Å². The van der Waals surface area contributed by atoms with Crippen LogP contribution in [0.25, 0.3) is 10.9 Å². The molecule has 2 rings (SSSR count). The molecule has 0 aromatic carbocycles. The van der Waals surface area contributed by atoms with Gasteiger partial charge in [0.15, 0.2) is 5.82 Å². The molecular formula is C9H11N5O2. The number of fused-ring (bicyclic) bond motifs is 1. The summed E-state index contributed by atoms with van der Waals surface area (Å²) in [5.74, 6) is 0.803. The fraction of sp³-hybridized carbons (Fsp3) is 0.222. The highest BCUT2D eigenvalue weighted by atomic mass is 16.5. The van der Waals surface area contributed by atoms with Gasteiger partial charge < -0.3 is 10.5 Å². The Morgan fingerprint density at radius 1 is 1.62 bits per heavy atom. The summed E-state index contributed by atoms with van der Waals surface area (Å²) in [5, 5.41) is 7.34. The van der Waals surface area contributed by atoms with Crippen molar-refractivity contribution in [1.82, 2.24) is 14.8 Å². The fourth-order valence-electron chi connectivity index (χ4n) is 1.41. The lowest BCUT2D eigenvalue weighted by atomic mass is 10.3. The lowest BCUT2D eigenvalue weighted by molar-refractivity contribution is 0.187. The van der Waals surface area contributed by atoms with Crippen LogP contribution in [-0.2, 0) is 11.8 Å². The molecule has 0 spiro atoms. The highest BCUT2D eigenvalue weighted by molar-refractivity contribution is 5.97. The minimum absolute atomic E-state index is 0.400. The van der Waals surface area contributed by atoms with Gasteiger partial charge in [-0.3, -0.25) is 10.00 Å². The van der Waals surface area contributed by atoms with Crippen LogP contribution >= 0.6 is 0 Å². The second kappa shape index (κ2) is 3.69. The number of nitrogens with two attached hydrogens (primary N) is 1. The van der Waals surface area contributed by atoms with Crippen molar-refractivity contribution in [2.75, 3.05) is 18.2 Å². The average molecular weight is 221 g/mol. The molecule has 0 fully saturated rings. The zero-order chi connectivity index (χ0) is 11.7. The quantitative estimate of drug-likeness (QED) is 0.740. The molecule has 2 heterocycles. The first-order chi connectivity index (χ1) is 7.61. The van der Waals surface area contributed by atoms with Crippen LogP contribution in [0.2, 0.25) is 0 Å². The van der Waals surface area contributed by atoms with Crippen LogP contribution in [0.15, 0.2) is 12.3 Å². The van der Waals surface area contributed by atoms with Crippen LogP contribution in [0, 0.1) is 0 Å². The van der Waals surface area contributed by atoms with Gasteiger partial charge in [-0.05, 0) is 0 Å². The van der Waals surface area contributed by atoms with Crippen molar-refractivity contribution in [2.24, 2.45) is 7.05 Å². The molecule has 0 saturated heterocycles. The highest BCUT2D eigenvalue weighted by Gasteiger charge is 2.11. The number of rotatable bonds is 1. The second-order valence-electron chi connectivity index (χ2n) is 3.22. The standard InChI is InChI=1S/C9H11N5O2/c1-14-6-3-7(10)11-4-5(6)8(13-14)12-9(15)16-2/h3-4H,1-2H3,(H2,10,11)(H,12,13,15). The van der Waals surface area contributed by atoms with E-state index in [0.717, 1.165) is 5.52 Å². The summed E-state index contributed by atoms with van der Waals surface area (Å²) >= 11 is 0. The molecule has 0 unspecified atom stereocenters. The zero-order valence-corrected chi connectivity index (χ0v) is 8.89. The van der Waals surface area contributed by atoms with E-state index in [9.17, 15) is 4.79 Å². The minimum Gasteiger partial charge on any atom is -0.453 e. The zero-order valence-electron chi connectivity index (χ0n) is 8.89. The summed E-state index contributed by atoms with van der Waals surface area (Å²) in [6, 6.07) is 1.69. The summed E-state index contributed by atoms with van der Waals surface area (Å²) in [6.45, 7) is 0. The normalized spacial score (nSPS) is 10.4. The summed E-state index contributed by atoms with van der Waals surface area (Å²) in [6.07, 6.45) is 0.986. The maximum absolute atomic E-state index is 11.1. The number of carbonyl (C=O) groups excluding carboxylic acids is 1. The van der Waals surface area contributed by atoms with Gasteiger partial charge in [0.2, 0.25) is 0 Å².